The Morgan fingerprint density at radius 2 is 2.15 bits per heavy atom. The lowest BCUT2D eigenvalue weighted by molar-refractivity contribution is 0.100. The minimum Gasteiger partial charge on any atom is -0.365 e. The van der Waals surface area contributed by atoms with Crippen molar-refractivity contribution in [3.8, 4) is 6.07 Å². The van der Waals surface area contributed by atoms with Crippen molar-refractivity contribution in [1.82, 2.24) is 9.78 Å². The number of anilines is 2. The van der Waals surface area contributed by atoms with Gasteiger partial charge in [-0.2, -0.15) is 21.0 Å². The van der Waals surface area contributed by atoms with Crippen molar-refractivity contribution in [2.24, 2.45) is 11.1 Å². The fraction of sp³-hybridized carbons (Fsp3) is 0.312. The molecule has 1 amide bonds. The van der Waals surface area contributed by atoms with Gasteiger partial charge in [-0.1, -0.05) is 0 Å². The van der Waals surface area contributed by atoms with Gasteiger partial charge in [0.2, 0.25) is 0 Å². The first-order valence-electron chi connectivity index (χ1n) is 7.70. The molecule has 2 heterocycles. The number of rotatable bonds is 4. The van der Waals surface area contributed by atoms with Crippen molar-refractivity contribution in [2.75, 3.05) is 16.8 Å². The van der Waals surface area contributed by atoms with Gasteiger partial charge in [-0.05, 0) is 31.2 Å². The van der Waals surface area contributed by atoms with Gasteiger partial charge in [0.25, 0.3) is 5.91 Å². The Kier molecular flexibility index (Phi) is 4.39. The Hall–Kier alpha value is -2.61. The smallest absolute Gasteiger partial charge is 0.254 e. The molecular formula is C16H18FN5O3S. The number of hydrogen-bond donors (Lipinski definition) is 4. The van der Waals surface area contributed by atoms with Crippen LogP contribution in [0.3, 0.4) is 0 Å². The maximum Gasteiger partial charge on any atom is 0.254 e. The molecule has 0 saturated carbocycles. The molecule has 1 fully saturated rings. The van der Waals surface area contributed by atoms with Crippen LogP contribution in [0.4, 0.5) is 15.9 Å². The zero-order chi connectivity index (χ0) is 19.1. The number of aromatic nitrogens is 2. The van der Waals surface area contributed by atoms with Crippen LogP contribution in [0.5, 0.6) is 0 Å². The van der Waals surface area contributed by atoms with E-state index in [-0.39, 0.29) is 22.9 Å². The summed E-state index contributed by atoms with van der Waals surface area (Å²) in [5.74, 6) is -1.09. The number of carbonyl (C=O) groups excluding carboxylic acids is 1. The summed E-state index contributed by atoms with van der Waals surface area (Å²) in [4.78, 5) is 11.8. The first-order valence-corrected chi connectivity index (χ1v) is 9.58. The predicted molar refractivity (Wildman–Crippen MR) is 95.8 cm³/mol. The number of hydrogen-bond acceptors (Lipinski definition) is 6. The first kappa shape index (κ1) is 18.2. The van der Waals surface area contributed by atoms with Gasteiger partial charge in [-0.25, -0.2) is 4.39 Å². The monoisotopic (exact) mass is 379 g/mol. The van der Waals surface area contributed by atoms with Crippen LogP contribution >= 0.6 is 10.6 Å². The molecule has 0 aliphatic carbocycles. The van der Waals surface area contributed by atoms with E-state index in [2.05, 4.69) is 16.5 Å². The molecule has 1 aromatic heterocycles. The van der Waals surface area contributed by atoms with E-state index in [0.29, 0.717) is 5.69 Å². The van der Waals surface area contributed by atoms with Crippen molar-refractivity contribution < 1.29 is 18.3 Å². The lowest BCUT2D eigenvalue weighted by Gasteiger charge is -2.26. The number of nitriles is 1. The minimum atomic E-state index is -2.91. The number of nitrogens with one attached hydrogen (secondary N) is 1. The standard InChI is InChI=1S/C16H18FN5O3S/c1-16(8-18)9-26(24,25)7-13(16)22-6-12(14(19)23)15(21-22)20-11-4-2-10(17)3-5-11/h2-6,13,24-25H,7,9H2,1H3,(H2,19,23)(H,20,21)/t13-,16+/m1/s1. The molecule has 26 heavy (non-hydrogen) atoms. The highest BCUT2D eigenvalue weighted by Crippen LogP contribution is 2.58. The number of carbonyl (C=O) groups is 1. The van der Waals surface area contributed by atoms with E-state index in [9.17, 15) is 23.6 Å². The molecule has 1 aliphatic rings. The summed E-state index contributed by atoms with van der Waals surface area (Å²) in [6, 6.07) is 6.95. The highest BCUT2D eigenvalue weighted by molar-refractivity contribution is 8.24. The first-order chi connectivity index (χ1) is 12.1. The van der Waals surface area contributed by atoms with Gasteiger partial charge < -0.3 is 11.1 Å². The van der Waals surface area contributed by atoms with Crippen LogP contribution in [-0.4, -0.2) is 36.3 Å². The Morgan fingerprint density at radius 3 is 2.73 bits per heavy atom. The van der Waals surface area contributed by atoms with E-state index in [1.807, 2.05) is 0 Å². The quantitative estimate of drug-likeness (QED) is 0.644. The zero-order valence-electron chi connectivity index (χ0n) is 13.9. The fourth-order valence-electron chi connectivity index (χ4n) is 3.04. The van der Waals surface area contributed by atoms with Crippen LogP contribution in [0.2, 0.25) is 0 Å². The highest BCUT2D eigenvalue weighted by atomic mass is 32.3. The van der Waals surface area contributed by atoms with Crippen molar-refractivity contribution in [1.29, 1.82) is 5.26 Å². The fourth-order valence-corrected chi connectivity index (χ4v) is 5.40. The molecule has 1 aromatic carbocycles. The molecule has 0 radical (unpaired) electrons. The van der Waals surface area contributed by atoms with E-state index >= 15 is 0 Å². The van der Waals surface area contributed by atoms with Crippen molar-refractivity contribution in [2.45, 2.75) is 13.0 Å². The second-order valence-electron chi connectivity index (χ2n) is 6.53. The van der Waals surface area contributed by atoms with E-state index in [0.717, 1.165) is 0 Å². The van der Waals surface area contributed by atoms with Gasteiger partial charge in [0.15, 0.2) is 5.82 Å². The summed E-state index contributed by atoms with van der Waals surface area (Å²) >= 11 is 0. The second kappa shape index (κ2) is 6.28. The summed E-state index contributed by atoms with van der Waals surface area (Å²) in [7, 11) is -2.91. The molecule has 0 spiro atoms. The molecule has 3 rings (SSSR count). The van der Waals surface area contributed by atoms with Gasteiger partial charge in [0.05, 0.1) is 29.0 Å². The van der Waals surface area contributed by atoms with Crippen molar-refractivity contribution in [3.05, 3.63) is 41.8 Å². The van der Waals surface area contributed by atoms with E-state index < -0.39 is 33.8 Å². The number of primary amides is 1. The normalized spacial score (nSPS) is 25.4. The maximum atomic E-state index is 13.0. The summed E-state index contributed by atoms with van der Waals surface area (Å²) < 4.78 is 34.5. The molecule has 8 nitrogen and oxygen atoms in total. The van der Waals surface area contributed by atoms with Gasteiger partial charge in [0.1, 0.15) is 11.4 Å². The van der Waals surface area contributed by atoms with Crippen LogP contribution in [0.25, 0.3) is 0 Å². The second-order valence-corrected chi connectivity index (χ2v) is 8.75. The largest absolute Gasteiger partial charge is 0.365 e. The molecule has 0 bridgehead atoms. The third-order valence-corrected chi connectivity index (χ3v) is 6.28. The average Bonchev–Trinajstić information content (AvgIpc) is 3.08. The summed E-state index contributed by atoms with van der Waals surface area (Å²) in [5, 5.41) is 16.7. The number of benzene rings is 1. The van der Waals surface area contributed by atoms with E-state index in [1.165, 1.54) is 35.1 Å². The topological polar surface area (TPSA) is 137 Å². The van der Waals surface area contributed by atoms with E-state index in [4.69, 9.17) is 5.73 Å². The molecule has 5 N–H and O–H groups in total. The highest BCUT2D eigenvalue weighted by Gasteiger charge is 2.49. The van der Waals surface area contributed by atoms with Gasteiger partial charge in [-0.15, -0.1) is 0 Å². The Morgan fingerprint density at radius 1 is 1.50 bits per heavy atom. The van der Waals surface area contributed by atoms with Gasteiger partial charge >= 0.3 is 0 Å². The minimum absolute atomic E-state index is 0.0348. The molecule has 1 saturated heterocycles. The van der Waals surface area contributed by atoms with Gasteiger partial charge in [-0.3, -0.25) is 18.6 Å². The van der Waals surface area contributed by atoms with Crippen molar-refractivity contribution >= 4 is 28.0 Å². The van der Waals surface area contributed by atoms with E-state index in [1.54, 1.807) is 6.92 Å². The Labute approximate surface area is 150 Å². The van der Waals surface area contributed by atoms with Crippen LogP contribution in [0, 0.1) is 22.6 Å². The maximum absolute atomic E-state index is 13.0. The zero-order valence-corrected chi connectivity index (χ0v) is 14.7. The van der Waals surface area contributed by atoms with Crippen LogP contribution in [0.1, 0.15) is 23.3 Å². The number of nitrogens with zero attached hydrogens (tertiary/aromatic N) is 3. The third-order valence-electron chi connectivity index (χ3n) is 4.37. The lowest BCUT2D eigenvalue weighted by atomic mass is 9.87. The molecule has 138 valence electrons. The molecule has 0 unspecified atom stereocenters. The molecule has 10 heteroatoms. The summed E-state index contributed by atoms with van der Waals surface area (Å²) in [6.45, 7) is 1.62. The summed E-state index contributed by atoms with van der Waals surface area (Å²) in [5.41, 5.74) is 4.94. The average molecular weight is 379 g/mol. The van der Waals surface area contributed by atoms with Crippen LogP contribution in [-0.2, 0) is 0 Å². The van der Waals surface area contributed by atoms with Gasteiger partial charge in [0, 0.05) is 11.9 Å². The SMILES string of the molecule is C[C@]1(C#N)CS(O)(O)C[C@H]1n1cc(C(N)=O)c(Nc2ccc(F)cc2)n1. The Balaban J connectivity index is 1.98. The number of halogens is 1. The van der Waals surface area contributed by atoms with Crippen LogP contribution < -0.4 is 11.1 Å². The number of amides is 1. The molecular weight excluding hydrogens is 361 g/mol. The molecule has 2 atom stereocenters. The van der Waals surface area contributed by atoms with Crippen LogP contribution in [0.15, 0.2) is 30.5 Å². The third kappa shape index (κ3) is 3.37. The summed E-state index contributed by atoms with van der Waals surface area (Å²) in [6.07, 6.45) is 1.38. The predicted octanol–water partition coefficient (Wildman–Crippen LogP) is 2.70. The Bertz CT molecular complexity index is 892. The number of nitrogens with two attached hydrogens (primary N) is 1. The lowest BCUT2D eigenvalue weighted by Crippen LogP contribution is -2.27. The van der Waals surface area contributed by atoms with Crippen molar-refractivity contribution in [3.63, 3.8) is 0 Å². The molecule has 1 aliphatic heterocycles. The molecule has 2 aromatic rings.